The predicted octanol–water partition coefficient (Wildman–Crippen LogP) is 2.08. The van der Waals surface area contributed by atoms with Gasteiger partial charge in [-0.1, -0.05) is 6.92 Å². The third-order valence-electron chi connectivity index (χ3n) is 2.72. The van der Waals surface area contributed by atoms with Crippen LogP contribution in [0.3, 0.4) is 0 Å². The van der Waals surface area contributed by atoms with Gasteiger partial charge in [0.15, 0.2) is 0 Å². The maximum absolute atomic E-state index is 12.5. The Balaban J connectivity index is 2.24. The molecule has 110 valence electrons. The molecule has 6 nitrogen and oxygen atoms in total. The number of nitrogens with one attached hydrogen (secondary N) is 3. The van der Waals surface area contributed by atoms with Crippen LogP contribution < -0.4 is 10.0 Å². The van der Waals surface area contributed by atoms with Crippen molar-refractivity contribution in [2.45, 2.75) is 31.7 Å². The Morgan fingerprint density at radius 1 is 1.45 bits per heavy atom. The van der Waals surface area contributed by atoms with Crippen molar-refractivity contribution in [2.75, 3.05) is 11.3 Å². The lowest BCUT2D eigenvalue weighted by Crippen LogP contribution is -2.18. The molecule has 0 saturated carbocycles. The van der Waals surface area contributed by atoms with Crippen LogP contribution in [0.4, 0.5) is 5.69 Å². The van der Waals surface area contributed by atoms with E-state index in [0.29, 0.717) is 17.1 Å². The molecule has 0 atom stereocenters. The summed E-state index contributed by atoms with van der Waals surface area (Å²) < 4.78 is 27.5. The molecule has 0 unspecified atom stereocenters. The molecular weight excluding hydrogens is 296 g/mol. The molecular formula is C12H18N4O2S2. The van der Waals surface area contributed by atoms with E-state index in [9.17, 15) is 8.42 Å². The lowest BCUT2D eigenvalue weighted by Gasteiger charge is -2.09. The molecule has 0 aliphatic heterocycles. The zero-order valence-corrected chi connectivity index (χ0v) is 13.1. The smallest absolute Gasteiger partial charge is 0.263 e. The normalized spacial score (nSPS) is 11.7. The Hall–Kier alpha value is -1.38. The zero-order valence-electron chi connectivity index (χ0n) is 11.4. The van der Waals surface area contributed by atoms with Gasteiger partial charge in [0.25, 0.3) is 10.0 Å². The van der Waals surface area contributed by atoms with Gasteiger partial charge in [-0.3, -0.25) is 9.82 Å². The van der Waals surface area contributed by atoms with Gasteiger partial charge in [0, 0.05) is 17.6 Å². The highest BCUT2D eigenvalue weighted by molar-refractivity contribution is 7.93. The maximum Gasteiger partial charge on any atom is 0.263 e. The van der Waals surface area contributed by atoms with E-state index in [1.807, 2.05) is 12.3 Å². The first kappa shape index (κ1) is 15.0. The van der Waals surface area contributed by atoms with Crippen molar-refractivity contribution in [3.8, 4) is 0 Å². The van der Waals surface area contributed by atoms with Crippen molar-refractivity contribution in [1.29, 1.82) is 0 Å². The maximum atomic E-state index is 12.5. The average Bonchev–Trinajstić information content (AvgIpc) is 2.99. The molecule has 0 aromatic carbocycles. The van der Waals surface area contributed by atoms with Gasteiger partial charge < -0.3 is 5.32 Å². The minimum atomic E-state index is -3.58. The molecule has 0 amide bonds. The van der Waals surface area contributed by atoms with Crippen LogP contribution >= 0.6 is 11.3 Å². The van der Waals surface area contributed by atoms with Gasteiger partial charge in [0.05, 0.1) is 11.9 Å². The third-order valence-corrected chi connectivity index (χ3v) is 5.56. The molecule has 0 aliphatic rings. The quantitative estimate of drug-likeness (QED) is 0.683. The number of aromatic nitrogens is 2. The van der Waals surface area contributed by atoms with Crippen molar-refractivity contribution in [1.82, 2.24) is 15.5 Å². The first-order valence-electron chi connectivity index (χ1n) is 6.34. The summed E-state index contributed by atoms with van der Waals surface area (Å²) in [4.78, 5) is 1.19. The van der Waals surface area contributed by atoms with Crippen molar-refractivity contribution in [2.24, 2.45) is 0 Å². The van der Waals surface area contributed by atoms with E-state index in [0.717, 1.165) is 23.4 Å². The molecule has 2 heterocycles. The number of rotatable bonds is 7. The first-order chi connectivity index (χ1) is 9.54. The molecule has 3 N–H and O–H groups in total. The van der Waals surface area contributed by atoms with E-state index in [4.69, 9.17) is 0 Å². The average molecular weight is 314 g/mol. The number of aromatic amines is 1. The van der Waals surface area contributed by atoms with Crippen LogP contribution in [0.15, 0.2) is 22.7 Å². The Morgan fingerprint density at radius 3 is 2.90 bits per heavy atom. The van der Waals surface area contributed by atoms with Crippen LogP contribution in [0.25, 0.3) is 0 Å². The van der Waals surface area contributed by atoms with E-state index in [1.54, 1.807) is 0 Å². The summed E-state index contributed by atoms with van der Waals surface area (Å²) in [5.74, 6) is 0. The van der Waals surface area contributed by atoms with Crippen LogP contribution in [0.1, 0.15) is 23.8 Å². The molecule has 0 saturated heterocycles. The number of H-pyrrole nitrogens is 1. The number of nitrogens with zero attached hydrogens (tertiary/aromatic N) is 1. The van der Waals surface area contributed by atoms with Crippen LogP contribution in [-0.4, -0.2) is 25.2 Å². The number of sulfonamides is 1. The summed E-state index contributed by atoms with van der Waals surface area (Å²) in [6.45, 7) is 5.31. The second-order valence-electron chi connectivity index (χ2n) is 4.44. The second-order valence-corrected chi connectivity index (χ2v) is 7.02. The summed E-state index contributed by atoms with van der Waals surface area (Å²) in [6.07, 6.45) is 3.96. The fourth-order valence-electron chi connectivity index (χ4n) is 1.86. The van der Waals surface area contributed by atoms with Crippen LogP contribution in [-0.2, 0) is 16.6 Å². The Bertz CT molecular complexity index is 647. The summed E-state index contributed by atoms with van der Waals surface area (Å²) in [7, 11) is -3.58. The van der Waals surface area contributed by atoms with Gasteiger partial charge in [0.1, 0.15) is 4.90 Å². The number of aryl methyl sites for hydroxylation is 1. The van der Waals surface area contributed by atoms with Gasteiger partial charge in [-0.15, -0.1) is 11.3 Å². The van der Waals surface area contributed by atoms with Gasteiger partial charge >= 0.3 is 0 Å². The lowest BCUT2D eigenvalue weighted by atomic mass is 10.3. The number of hydrogen-bond acceptors (Lipinski definition) is 5. The minimum Gasteiger partial charge on any atom is -0.312 e. The highest BCUT2D eigenvalue weighted by atomic mass is 32.2. The molecule has 8 heteroatoms. The molecule has 0 fully saturated rings. The second kappa shape index (κ2) is 6.38. The molecule has 2 aromatic rings. The standard InChI is InChI=1S/C12H18N4O2S2/c1-3-4-13-7-11-12(9(2)8-19-11)20(17,18)16-10-5-14-15-6-10/h5-6,8,13,16H,3-4,7H2,1-2H3,(H,14,15). The van der Waals surface area contributed by atoms with E-state index < -0.39 is 10.0 Å². The minimum absolute atomic E-state index is 0.368. The fraction of sp³-hybridized carbons (Fsp3) is 0.417. The monoisotopic (exact) mass is 314 g/mol. The summed E-state index contributed by atoms with van der Waals surface area (Å²) in [6, 6.07) is 0. The Kier molecular flexibility index (Phi) is 4.79. The largest absolute Gasteiger partial charge is 0.312 e. The summed E-state index contributed by atoms with van der Waals surface area (Å²) in [5.41, 5.74) is 1.20. The van der Waals surface area contributed by atoms with Gasteiger partial charge in [-0.2, -0.15) is 5.10 Å². The fourth-order valence-corrected chi connectivity index (χ4v) is 4.68. The first-order valence-corrected chi connectivity index (χ1v) is 8.70. The van der Waals surface area contributed by atoms with Crippen LogP contribution in [0.2, 0.25) is 0 Å². The van der Waals surface area contributed by atoms with Crippen molar-refractivity contribution >= 4 is 27.0 Å². The Labute approximate surface area is 122 Å². The van der Waals surface area contributed by atoms with Crippen molar-refractivity contribution in [3.63, 3.8) is 0 Å². The molecule has 0 radical (unpaired) electrons. The number of thiophene rings is 1. The number of hydrogen-bond donors (Lipinski definition) is 3. The highest BCUT2D eigenvalue weighted by Gasteiger charge is 2.23. The third kappa shape index (κ3) is 3.38. The SMILES string of the molecule is CCCNCc1scc(C)c1S(=O)(=O)Nc1cn[nH]c1. The van der Waals surface area contributed by atoms with Gasteiger partial charge in [-0.05, 0) is 30.8 Å². The van der Waals surface area contributed by atoms with Gasteiger partial charge in [-0.25, -0.2) is 8.42 Å². The van der Waals surface area contributed by atoms with Crippen LogP contribution in [0.5, 0.6) is 0 Å². The molecule has 0 aliphatic carbocycles. The van der Waals surface area contributed by atoms with Crippen molar-refractivity contribution < 1.29 is 8.42 Å². The summed E-state index contributed by atoms with van der Waals surface area (Å²) >= 11 is 1.46. The highest BCUT2D eigenvalue weighted by Crippen LogP contribution is 2.28. The van der Waals surface area contributed by atoms with E-state index in [1.165, 1.54) is 23.7 Å². The summed E-state index contributed by atoms with van der Waals surface area (Å²) in [5, 5.41) is 11.4. The molecule has 2 aromatic heterocycles. The van der Waals surface area contributed by atoms with E-state index >= 15 is 0 Å². The number of anilines is 1. The molecule has 2 rings (SSSR count). The predicted molar refractivity (Wildman–Crippen MR) is 80.4 cm³/mol. The van der Waals surface area contributed by atoms with E-state index in [2.05, 4.69) is 27.2 Å². The zero-order chi connectivity index (χ0) is 14.6. The molecule has 0 bridgehead atoms. The lowest BCUT2D eigenvalue weighted by molar-refractivity contribution is 0.598. The van der Waals surface area contributed by atoms with E-state index in [-0.39, 0.29) is 0 Å². The topological polar surface area (TPSA) is 86.9 Å². The van der Waals surface area contributed by atoms with Crippen molar-refractivity contribution in [3.05, 3.63) is 28.2 Å². The molecule has 20 heavy (non-hydrogen) atoms. The Morgan fingerprint density at radius 2 is 2.25 bits per heavy atom. The van der Waals surface area contributed by atoms with Crippen LogP contribution in [0, 0.1) is 6.92 Å². The molecule has 0 spiro atoms. The van der Waals surface area contributed by atoms with Gasteiger partial charge in [0.2, 0.25) is 0 Å².